The number of aromatic hydroxyl groups is 1. The maximum absolute atomic E-state index is 13.2. The van der Waals surface area contributed by atoms with Crippen LogP contribution < -0.4 is 26.8 Å². The highest BCUT2D eigenvalue weighted by atomic mass is 16.3. The van der Waals surface area contributed by atoms with E-state index in [1.807, 2.05) is 22.9 Å². The quantitative estimate of drug-likeness (QED) is 0.237. The lowest BCUT2D eigenvalue weighted by atomic mass is 9.68. The second-order valence-corrected chi connectivity index (χ2v) is 9.32. The summed E-state index contributed by atoms with van der Waals surface area (Å²) in [6, 6.07) is 3.92. The topological polar surface area (TPSA) is 169 Å². The molecule has 1 atom stereocenters. The van der Waals surface area contributed by atoms with Gasteiger partial charge in [0.2, 0.25) is 17.7 Å². The number of nitrogens with zero attached hydrogens (tertiary/aromatic N) is 4. The van der Waals surface area contributed by atoms with E-state index in [2.05, 4.69) is 27.2 Å². The van der Waals surface area contributed by atoms with Gasteiger partial charge in [-0.1, -0.05) is 6.08 Å². The van der Waals surface area contributed by atoms with Gasteiger partial charge < -0.3 is 14.9 Å². The van der Waals surface area contributed by atoms with E-state index in [1.54, 1.807) is 12.1 Å². The normalized spacial score (nSPS) is 20.9. The zero-order chi connectivity index (χ0) is 26.5. The Hall–Kier alpha value is -4.52. The molecule has 1 aromatic carbocycles. The number of aromatic amines is 1. The standard InChI is InChI=1S/C24H25N7O6/c1-3-6-31-19(33)15(18(32)26-23(31)37)11-25-14-4-5-16-13(9-14)10-24(17-12-29(2)7-8-30(16)17)20(34)27-22(36)28-21(24)35/h3-5,9,11,17,33H,1,6-8,10,12H2,2H3,(H,26,32,37)(H2,27,28,34,35,36). The SMILES string of the molecule is C=CCn1c(O)c(C=Nc2ccc3c(c2)CC2(C(=O)NC(=O)NC2=O)C2CN(C)CCN32)c(=O)[nH]c1=O. The van der Waals surface area contributed by atoms with Crippen molar-refractivity contribution in [1.82, 2.24) is 25.1 Å². The number of allylic oxidation sites excluding steroid dienone is 1. The second-order valence-electron chi connectivity index (χ2n) is 9.32. The Kier molecular flexibility index (Phi) is 5.79. The number of H-pyrrole nitrogens is 1. The van der Waals surface area contributed by atoms with E-state index in [9.17, 15) is 29.1 Å². The molecule has 2 aromatic rings. The lowest BCUT2D eigenvalue weighted by molar-refractivity contribution is -0.147. The van der Waals surface area contributed by atoms with Crippen LogP contribution in [-0.4, -0.2) is 76.3 Å². The summed E-state index contributed by atoms with van der Waals surface area (Å²) in [4.78, 5) is 72.9. The van der Waals surface area contributed by atoms with Crippen molar-refractivity contribution in [3.63, 3.8) is 0 Å². The molecule has 13 heteroatoms. The van der Waals surface area contributed by atoms with Crippen molar-refractivity contribution in [2.75, 3.05) is 31.6 Å². The summed E-state index contributed by atoms with van der Waals surface area (Å²) in [6.07, 6.45) is 2.59. The van der Waals surface area contributed by atoms with E-state index in [1.165, 1.54) is 6.08 Å². The van der Waals surface area contributed by atoms with Crippen LogP contribution in [0.4, 0.5) is 16.2 Å². The summed E-state index contributed by atoms with van der Waals surface area (Å²) < 4.78 is 0.946. The van der Waals surface area contributed by atoms with Crippen LogP contribution in [0.3, 0.4) is 0 Å². The molecular weight excluding hydrogens is 482 g/mol. The maximum atomic E-state index is 13.2. The highest BCUT2D eigenvalue weighted by Gasteiger charge is 2.60. The van der Waals surface area contributed by atoms with E-state index < -0.39 is 46.4 Å². The fourth-order valence-corrected chi connectivity index (χ4v) is 5.28. The minimum atomic E-state index is -1.52. The van der Waals surface area contributed by atoms with E-state index >= 15 is 0 Å². The summed E-state index contributed by atoms with van der Waals surface area (Å²) in [7, 11) is 1.91. The van der Waals surface area contributed by atoms with Crippen molar-refractivity contribution in [1.29, 1.82) is 0 Å². The van der Waals surface area contributed by atoms with Crippen molar-refractivity contribution in [2.24, 2.45) is 10.4 Å². The molecule has 1 spiro atoms. The van der Waals surface area contributed by atoms with Crippen LogP contribution in [-0.2, 0) is 22.6 Å². The zero-order valence-corrected chi connectivity index (χ0v) is 20.0. The third-order valence-corrected chi connectivity index (χ3v) is 7.12. The lowest BCUT2D eigenvalue weighted by Gasteiger charge is -2.53. The first-order valence-electron chi connectivity index (χ1n) is 11.6. The number of anilines is 1. The molecule has 3 aliphatic rings. The van der Waals surface area contributed by atoms with Gasteiger partial charge in [-0.05, 0) is 37.2 Å². The molecule has 0 bridgehead atoms. The highest BCUT2D eigenvalue weighted by molar-refractivity contribution is 6.20. The molecule has 5 rings (SSSR count). The molecule has 2 saturated heterocycles. The summed E-state index contributed by atoms with van der Waals surface area (Å²) in [5.41, 5.74) is -1.39. The average molecular weight is 508 g/mol. The molecule has 0 saturated carbocycles. The van der Waals surface area contributed by atoms with Crippen molar-refractivity contribution >= 4 is 35.4 Å². The number of fused-ring (bicyclic) bond motifs is 4. The summed E-state index contributed by atoms with van der Waals surface area (Å²) in [5, 5.41) is 14.9. The predicted molar refractivity (Wildman–Crippen MR) is 133 cm³/mol. The van der Waals surface area contributed by atoms with Crippen LogP contribution in [0.15, 0.2) is 45.4 Å². The number of rotatable bonds is 4. The van der Waals surface area contributed by atoms with E-state index in [-0.39, 0.29) is 18.5 Å². The van der Waals surface area contributed by atoms with Crippen molar-refractivity contribution in [2.45, 2.75) is 19.0 Å². The number of carbonyl (C=O) groups excluding carboxylic acids is 3. The lowest BCUT2D eigenvalue weighted by Crippen LogP contribution is -2.74. The molecule has 1 unspecified atom stereocenters. The number of aliphatic imine (C=N–C) groups is 1. The van der Waals surface area contributed by atoms with Crippen molar-refractivity contribution in [3.8, 4) is 5.88 Å². The first-order chi connectivity index (χ1) is 17.6. The van der Waals surface area contributed by atoms with Gasteiger partial charge in [0.15, 0.2) is 5.41 Å². The number of carbonyl (C=O) groups is 3. The number of urea groups is 1. The van der Waals surface area contributed by atoms with E-state index in [0.717, 1.165) is 23.0 Å². The number of piperazine rings is 1. The minimum Gasteiger partial charge on any atom is -0.494 e. The first kappa shape index (κ1) is 24.2. The monoisotopic (exact) mass is 507 g/mol. The molecule has 13 nitrogen and oxygen atoms in total. The number of likely N-dealkylation sites (N-methyl/N-ethyl adjacent to an activating group) is 1. The van der Waals surface area contributed by atoms with E-state index in [4.69, 9.17) is 0 Å². The number of nitrogens with one attached hydrogen (secondary N) is 3. The van der Waals surface area contributed by atoms with Crippen LogP contribution in [0.25, 0.3) is 0 Å². The van der Waals surface area contributed by atoms with Gasteiger partial charge >= 0.3 is 11.7 Å². The minimum absolute atomic E-state index is 0.0119. The third-order valence-electron chi connectivity index (χ3n) is 7.12. The summed E-state index contributed by atoms with van der Waals surface area (Å²) >= 11 is 0. The van der Waals surface area contributed by atoms with Crippen LogP contribution in [0, 0.1) is 5.41 Å². The Morgan fingerprint density at radius 1 is 1.16 bits per heavy atom. The Balaban J connectivity index is 1.56. The van der Waals surface area contributed by atoms with Gasteiger partial charge in [-0.15, -0.1) is 6.58 Å². The maximum Gasteiger partial charge on any atom is 0.331 e. The number of benzene rings is 1. The van der Waals surface area contributed by atoms with Crippen LogP contribution >= 0.6 is 0 Å². The third kappa shape index (κ3) is 3.83. The smallest absolute Gasteiger partial charge is 0.331 e. The Morgan fingerprint density at radius 2 is 1.89 bits per heavy atom. The van der Waals surface area contributed by atoms with Crippen LogP contribution in [0.2, 0.25) is 0 Å². The number of barbiturate groups is 1. The molecule has 4 heterocycles. The second kappa shape index (κ2) is 8.85. The van der Waals surface area contributed by atoms with Crippen LogP contribution in [0.5, 0.6) is 5.88 Å². The largest absolute Gasteiger partial charge is 0.494 e. The number of amides is 4. The fraction of sp³-hybridized carbons (Fsp3) is 0.333. The Bertz CT molecular complexity index is 1470. The van der Waals surface area contributed by atoms with Gasteiger partial charge in [0.05, 0.1) is 11.7 Å². The highest BCUT2D eigenvalue weighted by Crippen LogP contribution is 2.45. The average Bonchev–Trinajstić information content (AvgIpc) is 2.84. The van der Waals surface area contributed by atoms with Gasteiger partial charge in [-0.2, -0.15) is 0 Å². The molecule has 2 fully saturated rings. The van der Waals surface area contributed by atoms with Gasteiger partial charge in [0.1, 0.15) is 5.56 Å². The molecule has 4 amide bonds. The number of aromatic nitrogens is 2. The van der Waals surface area contributed by atoms with Gasteiger partial charge in [0, 0.05) is 38.1 Å². The van der Waals surface area contributed by atoms with E-state index in [0.29, 0.717) is 24.3 Å². The molecule has 1 aromatic heterocycles. The van der Waals surface area contributed by atoms with Crippen LogP contribution in [0.1, 0.15) is 11.1 Å². The van der Waals surface area contributed by atoms with Crippen molar-refractivity contribution in [3.05, 3.63) is 62.8 Å². The van der Waals surface area contributed by atoms with Gasteiger partial charge in [-0.25, -0.2) is 9.59 Å². The van der Waals surface area contributed by atoms with Crippen molar-refractivity contribution < 1.29 is 19.5 Å². The van der Waals surface area contributed by atoms with Gasteiger partial charge in [-0.3, -0.25) is 39.6 Å². The predicted octanol–water partition coefficient (Wildman–Crippen LogP) is -0.792. The molecule has 0 aliphatic carbocycles. The summed E-state index contributed by atoms with van der Waals surface area (Å²) in [5.74, 6) is -1.84. The Morgan fingerprint density at radius 3 is 2.59 bits per heavy atom. The molecule has 192 valence electrons. The molecule has 0 radical (unpaired) electrons. The summed E-state index contributed by atoms with van der Waals surface area (Å²) in [6.45, 7) is 5.26. The molecule has 4 N–H and O–H groups in total. The zero-order valence-electron chi connectivity index (χ0n) is 20.0. The molecule has 37 heavy (non-hydrogen) atoms. The number of hydrogen-bond donors (Lipinski definition) is 4. The Labute approximate surface area is 210 Å². The number of imide groups is 2. The fourth-order valence-electron chi connectivity index (χ4n) is 5.28. The van der Waals surface area contributed by atoms with Gasteiger partial charge in [0.25, 0.3) is 5.56 Å². The molecule has 3 aliphatic heterocycles. The number of hydrogen-bond acceptors (Lipinski definition) is 9. The first-order valence-corrected chi connectivity index (χ1v) is 11.6. The molecular formula is C24H25N7O6.